The van der Waals surface area contributed by atoms with E-state index >= 15 is 0 Å². The number of rotatable bonds is 6. The zero-order valence-electron chi connectivity index (χ0n) is 12.6. The number of amides is 1. The van der Waals surface area contributed by atoms with Crippen LogP contribution in [0.5, 0.6) is 5.75 Å². The lowest BCUT2D eigenvalue weighted by Gasteiger charge is -2.16. The summed E-state index contributed by atoms with van der Waals surface area (Å²) in [6.07, 6.45) is 1.15. The SMILES string of the molecule is CNC(=O)CCCOc1c(C(C)N)ccc2ccccc12. The van der Waals surface area contributed by atoms with Crippen molar-refractivity contribution in [1.29, 1.82) is 0 Å². The maximum absolute atomic E-state index is 11.2. The van der Waals surface area contributed by atoms with Crippen molar-refractivity contribution in [2.45, 2.75) is 25.8 Å². The highest BCUT2D eigenvalue weighted by atomic mass is 16.5. The van der Waals surface area contributed by atoms with Crippen LogP contribution >= 0.6 is 0 Å². The molecule has 4 nitrogen and oxygen atoms in total. The molecule has 0 saturated heterocycles. The Hall–Kier alpha value is -2.07. The lowest BCUT2D eigenvalue weighted by molar-refractivity contribution is -0.120. The minimum absolute atomic E-state index is 0.0314. The molecular formula is C17H22N2O2. The molecule has 1 unspecified atom stereocenters. The summed E-state index contributed by atoms with van der Waals surface area (Å²) in [6.45, 7) is 2.45. The summed E-state index contributed by atoms with van der Waals surface area (Å²) >= 11 is 0. The molecule has 0 heterocycles. The molecule has 4 heteroatoms. The summed E-state index contributed by atoms with van der Waals surface area (Å²) in [7, 11) is 1.64. The molecule has 1 amide bonds. The Morgan fingerprint density at radius 2 is 2.05 bits per heavy atom. The lowest BCUT2D eigenvalue weighted by atomic mass is 10.0. The van der Waals surface area contributed by atoms with Gasteiger partial charge in [0.15, 0.2) is 0 Å². The molecule has 2 rings (SSSR count). The third-order valence-corrected chi connectivity index (χ3v) is 3.47. The van der Waals surface area contributed by atoms with Crippen molar-refractivity contribution < 1.29 is 9.53 Å². The van der Waals surface area contributed by atoms with E-state index in [0.717, 1.165) is 22.1 Å². The van der Waals surface area contributed by atoms with Gasteiger partial charge in [-0.15, -0.1) is 0 Å². The molecule has 0 aliphatic carbocycles. The fraction of sp³-hybridized carbons (Fsp3) is 0.353. The first-order chi connectivity index (χ1) is 10.1. The average Bonchev–Trinajstić information content (AvgIpc) is 2.50. The summed E-state index contributed by atoms with van der Waals surface area (Å²) in [6, 6.07) is 12.1. The topological polar surface area (TPSA) is 64.3 Å². The molecule has 2 aromatic rings. The van der Waals surface area contributed by atoms with Gasteiger partial charge in [-0.05, 0) is 18.7 Å². The predicted octanol–water partition coefficient (Wildman–Crippen LogP) is 2.76. The van der Waals surface area contributed by atoms with E-state index < -0.39 is 0 Å². The Labute approximate surface area is 125 Å². The molecular weight excluding hydrogens is 264 g/mol. The molecule has 0 spiro atoms. The molecule has 3 N–H and O–H groups in total. The molecule has 0 aliphatic rings. The third kappa shape index (κ3) is 3.73. The minimum atomic E-state index is -0.0939. The molecule has 112 valence electrons. The normalized spacial score (nSPS) is 12.1. The van der Waals surface area contributed by atoms with Crippen LogP contribution in [0.1, 0.15) is 31.4 Å². The van der Waals surface area contributed by atoms with E-state index in [1.807, 2.05) is 31.2 Å². The van der Waals surface area contributed by atoms with Gasteiger partial charge >= 0.3 is 0 Å². The number of ether oxygens (including phenoxy) is 1. The molecule has 1 atom stereocenters. The number of hydrogen-bond acceptors (Lipinski definition) is 3. The van der Waals surface area contributed by atoms with E-state index in [-0.39, 0.29) is 11.9 Å². The molecule has 0 bridgehead atoms. The van der Waals surface area contributed by atoms with Crippen molar-refractivity contribution in [3.05, 3.63) is 42.0 Å². The van der Waals surface area contributed by atoms with E-state index in [4.69, 9.17) is 10.5 Å². The predicted molar refractivity (Wildman–Crippen MR) is 85.3 cm³/mol. The summed E-state index contributed by atoms with van der Waals surface area (Å²) < 4.78 is 5.95. The van der Waals surface area contributed by atoms with Gasteiger partial charge in [0, 0.05) is 30.5 Å². The quantitative estimate of drug-likeness (QED) is 0.803. The Morgan fingerprint density at radius 3 is 2.76 bits per heavy atom. The third-order valence-electron chi connectivity index (χ3n) is 3.47. The number of hydrogen-bond donors (Lipinski definition) is 2. The van der Waals surface area contributed by atoms with Crippen LogP contribution in [0.15, 0.2) is 36.4 Å². The first-order valence-electron chi connectivity index (χ1n) is 7.24. The Morgan fingerprint density at radius 1 is 1.29 bits per heavy atom. The van der Waals surface area contributed by atoms with Crippen LogP contribution in [0.4, 0.5) is 0 Å². The van der Waals surface area contributed by atoms with E-state index in [1.165, 1.54) is 0 Å². The first kappa shape index (κ1) is 15.3. The lowest BCUT2D eigenvalue weighted by Crippen LogP contribution is -2.18. The van der Waals surface area contributed by atoms with Crippen LogP contribution in [-0.2, 0) is 4.79 Å². The number of benzene rings is 2. The van der Waals surface area contributed by atoms with Gasteiger partial charge in [-0.25, -0.2) is 0 Å². The Balaban J connectivity index is 2.19. The van der Waals surface area contributed by atoms with Crippen LogP contribution in [0.3, 0.4) is 0 Å². The van der Waals surface area contributed by atoms with Gasteiger partial charge < -0.3 is 15.8 Å². The second-order valence-corrected chi connectivity index (χ2v) is 5.12. The summed E-state index contributed by atoms with van der Waals surface area (Å²) in [4.78, 5) is 11.2. The van der Waals surface area contributed by atoms with Crippen molar-refractivity contribution in [3.8, 4) is 5.75 Å². The van der Waals surface area contributed by atoms with Crippen molar-refractivity contribution in [1.82, 2.24) is 5.32 Å². The van der Waals surface area contributed by atoms with E-state index in [1.54, 1.807) is 7.05 Å². The van der Waals surface area contributed by atoms with Crippen LogP contribution in [0.2, 0.25) is 0 Å². The molecule has 0 aliphatic heterocycles. The van der Waals surface area contributed by atoms with E-state index in [9.17, 15) is 4.79 Å². The zero-order chi connectivity index (χ0) is 15.2. The van der Waals surface area contributed by atoms with Crippen LogP contribution in [0, 0.1) is 0 Å². The van der Waals surface area contributed by atoms with E-state index in [0.29, 0.717) is 19.4 Å². The standard InChI is InChI=1S/C17H22N2O2/c1-12(18)14-10-9-13-6-3-4-7-15(13)17(14)21-11-5-8-16(20)19-2/h3-4,6-7,9-10,12H,5,8,11,18H2,1-2H3,(H,19,20). The van der Waals surface area contributed by atoms with Crippen LogP contribution in [-0.4, -0.2) is 19.6 Å². The minimum Gasteiger partial charge on any atom is -0.493 e. The Bertz CT molecular complexity index is 623. The summed E-state index contributed by atoms with van der Waals surface area (Å²) in [5.41, 5.74) is 7.03. The maximum Gasteiger partial charge on any atom is 0.219 e. The van der Waals surface area contributed by atoms with Gasteiger partial charge in [-0.3, -0.25) is 4.79 Å². The summed E-state index contributed by atoms with van der Waals surface area (Å²) in [5, 5.41) is 4.80. The van der Waals surface area contributed by atoms with Gasteiger partial charge in [0.25, 0.3) is 0 Å². The van der Waals surface area contributed by atoms with E-state index in [2.05, 4.69) is 17.4 Å². The molecule has 0 aromatic heterocycles. The maximum atomic E-state index is 11.2. The van der Waals surface area contributed by atoms with Gasteiger partial charge in [-0.1, -0.05) is 36.4 Å². The fourth-order valence-electron chi connectivity index (χ4n) is 2.31. The molecule has 0 saturated carbocycles. The van der Waals surface area contributed by atoms with Crippen molar-refractivity contribution in [2.24, 2.45) is 5.73 Å². The van der Waals surface area contributed by atoms with Gasteiger partial charge in [-0.2, -0.15) is 0 Å². The van der Waals surface area contributed by atoms with Crippen LogP contribution in [0.25, 0.3) is 10.8 Å². The highest BCUT2D eigenvalue weighted by molar-refractivity contribution is 5.89. The number of carbonyl (C=O) groups is 1. The van der Waals surface area contributed by atoms with Crippen molar-refractivity contribution in [3.63, 3.8) is 0 Å². The average molecular weight is 286 g/mol. The van der Waals surface area contributed by atoms with Gasteiger partial charge in [0.2, 0.25) is 5.91 Å². The van der Waals surface area contributed by atoms with Crippen molar-refractivity contribution >= 4 is 16.7 Å². The smallest absolute Gasteiger partial charge is 0.219 e. The second kappa shape index (κ2) is 7.09. The van der Waals surface area contributed by atoms with Crippen LogP contribution < -0.4 is 15.8 Å². The Kier molecular flexibility index (Phi) is 5.17. The highest BCUT2D eigenvalue weighted by Crippen LogP contribution is 2.33. The van der Waals surface area contributed by atoms with Gasteiger partial charge in [0.1, 0.15) is 5.75 Å². The molecule has 0 radical (unpaired) electrons. The molecule has 21 heavy (non-hydrogen) atoms. The number of nitrogens with one attached hydrogen (secondary N) is 1. The van der Waals surface area contributed by atoms with Crippen molar-refractivity contribution in [2.75, 3.05) is 13.7 Å². The first-order valence-corrected chi connectivity index (χ1v) is 7.24. The monoisotopic (exact) mass is 286 g/mol. The molecule has 2 aromatic carbocycles. The van der Waals surface area contributed by atoms with Gasteiger partial charge in [0.05, 0.1) is 6.61 Å². The molecule has 0 fully saturated rings. The largest absolute Gasteiger partial charge is 0.493 e. The second-order valence-electron chi connectivity index (χ2n) is 5.12. The number of fused-ring (bicyclic) bond motifs is 1. The number of carbonyl (C=O) groups excluding carboxylic acids is 1. The highest BCUT2D eigenvalue weighted by Gasteiger charge is 2.12. The fourth-order valence-corrected chi connectivity index (χ4v) is 2.31. The zero-order valence-corrected chi connectivity index (χ0v) is 12.6. The summed E-state index contributed by atoms with van der Waals surface area (Å²) in [5.74, 6) is 0.865. The number of nitrogens with two attached hydrogens (primary N) is 1.